The molecule has 10 heteroatoms. The number of aromatic nitrogens is 4. The maximum atomic E-state index is 12.7. The van der Waals surface area contributed by atoms with Crippen LogP contribution >= 0.6 is 0 Å². The molecule has 1 saturated heterocycles. The van der Waals surface area contributed by atoms with Crippen LogP contribution in [0.15, 0.2) is 30.5 Å². The van der Waals surface area contributed by atoms with Crippen LogP contribution in [0.3, 0.4) is 0 Å². The molecule has 2 atom stereocenters. The summed E-state index contributed by atoms with van der Waals surface area (Å²) in [6, 6.07) is 8.19. The Kier molecular flexibility index (Phi) is 7.49. The third-order valence-corrected chi connectivity index (χ3v) is 7.25. The zero-order chi connectivity index (χ0) is 24.3. The summed E-state index contributed by atoms with van der Waals surface area (Å²) in [5.41, 5.74) is 3.58. The number of hydrogen-bond acceptors (Lipinski definition) is 8. The van der Waals surface area contributed by atoms with Crippen LogP contribution in [0.4, 0.5) is 11.6 Å². The molecule has 0 spiro atoms. The van der Waals surface area contributed by atoms with Gasteiger partial charge in [-0.15, -0.1) is 0 Å². The lowest BCUT2D eigenvalue weighted by Gasteiger charge is -2.25. The first kappa shape index (κ1) is 24.6. The molecule has 4 rings (SSSR count). The van der Waals surface area contributed by atoms with Crippen LogP contribution in [0.5, 0.6) is 6.01 Å². The average molecular weight is 486 g/mol. The highest BCUT2D eigenvalue weighted by molar-refractivity contribution is 7.94. The zero-order valence-electron chi connectivity index (χ0n) is 20.6. The monoisotopic (exact) mass is 485 g/mol. The fourth-order valence-electron chi connectivity index (χ4n) is 3.72. The number of piperidine rings is 1. The second-order valence-electron chi connectivity index (χ2n) is 9.90. The molecule has 3 N–H and O–H groups in total. The standard InChI is InChI=1S/C24H35N7O2S/c1-16(2)19-15-27-31-21(19)28-23(33-18-10-8-12-25-14-18)29-22(31)26-13-17-9-6-7-11-20(17)30-34(32)24(3,4)5/h6-7,9,11,15-16,18,25,30H,8,10,12-14H2,1-5H3,(H,26,28,29)/t18-,34?/m1/s1. The Morgan fingerprint density at radius 2 is 2.06 bits per heavy atom. The predicted molar refractivity (Wildman–Crippen MR) is 137 cm³/mol. The molecule has 1 aliphatic rings. The number of nitrogens with zero attached hydrogens (tertiary/aromatic N) is 4. The molecule has 0 bridgehead atoms. The topological polar surface area (TPSA) is 111 Å². The number of ether oxygens (including phenoxy) is 1. The Balaban J connectivity index is 1.60. The molecule has 0 saturated carbocycles. The molecule has 0 radical (unpaired) electrons. The summed E-state index contributed by atoms with van der Waals surface area (Å²) in [5, 5.41) is 11.3. The van der Waals surface area contributed by atoms with E-state index in [0.29, 0.717) is 18.5 Å². The van der Waals surface area contributed by atoms with Crippen LogP contribution in [-0.4, -0.2) is 48.1 Å². The molecule has 1 aliphatic heterocycles. The van der Waals surface area contributed by atoms with Gasteiger partial charge >= 0.3 is 6.01 Å². The van der Waals surface area contributed by atoms with Crippen LogP contribution < -0.4 is 20.1 Å². The minimum Gasteiger partial charge on any atom is -0.593 e. The Morgan fingerprint density at radius 3 is 2.76 bits per heavy atom. The van der Waals surface area contributed by atoms with Crippen molar-refractivity contribution in [3.63, 3.8) is 0 Å². The Hall–Kier alpha value is -2.56. The SMILES string of the molecule is CC(C)c1cnn2c(NCc3ccccc3N[S+]([O-])C(C)(C)C)nc(O[C@@H]3CCCNC3)nc12. The molecular formula is C24H35N7O2S. The van der Waals surface area contributed by atoms with Gasteiger partial charge < -0.3 is 19.9 Å². The van der Waals surface area contributed by atoms with Gasteiger partial charge in [-0.2, -0.15) is 19.6 Å². The summed E-state index contributed by atoms with van der Waals surface area (Å²) in [7, 11) is 0. The molecule has 3 heterocycles. The van der Waals surface area contributed by atoms with Crippen molar-refractivity contribution in [3.05, 3.63) is 41.6 Å². The number of para-hydroxylation sites is 1. The molecule has 34 heavy (non-hydrogen) atoms. The van der Waals surface area contributed by atoms with Crippen molar-refractivity contribution in [1.82, 2.24) is 24.9 Å². The Labute approximate surface area is 204 Å². The smallest absolute Gasteiger partial charge is 0.322 e. The van der Waals surface area contributed by atoms with Crippen LogP contribution in [0.1, 0.15) is 64.5 Å². The van der Waals surface area contributed by atoms with Crippen LogP contribution in [-0.2, 0) is 17.9 Å². The van der Waals surface area contributed by atoms with E-state index in [4.69, 9.17) is 9.72 Å². The van der Waals surface area contributed by atoms with Gasteiger partial charge in [0.1, 0.15) is 10.9 Å². The van der Waals surface area contributed by atoms with E-state index in [-0.39, 0.29) is 16.8 Å². The van der Waals surface area contributed by atoms with Gasteiger partial charge in [0.25, 0.3) is 0 Å². The number of fused-ring (bicyclic) bond motifs is 1. The van der Waals surface area contributed by atoms with Crippen LogP contribution in [0.2, 0.25) is 0 Å². The normalized spacial score (nSPS) is 17.7. The van der Waals surface area contributed by atoms with Gasteiger partial charge in [0.15, 0.2) is 5.65 Å². The first-order valence-electron chi connectivity index (χ1n) is 11.9. The van der Waals surface area contributed by atoms with Crippen molar-refractivity contribution in [3.8, 4) is 6.01 Å². The fraction of sp³-hybridized carbons (Fsp3) is 0.542. The summed E-state index contributed by atoms with van der Waals surface area (Å²) in [6.07, 6.45) is 3.94. The van der Waals surface area contributed by atoms with E-state index in [1.807, 2.05) is 51.2 Å². The second kappa shape index (κ2) is 10.4. The highest BCUT2D eigenvalue weighted by atomic mass is 32.2. The van der Waals surface area contributed by atoms with Gasteiger partial charge in [-0.3, -0.25) is 0 Å². The largest absolute Gasteiger partial charge is 0.593 e. The first-order valence-corrected chi connectivity index (χ1v) is 13.0. The quantitative estimate of drug-likeness (QED) is 0.413. The summed E-state index contributed by atoms with van der Waals surface area (Å²) >= 11 is -1.23. The van der Waals surface area contributed by atoms with Gasteiger partial charge in [-0.05, 0) is 57.7 Å². The third kappa shape index (κ3) is 5.73. The highest BCUT2D eigenvalue weighted by Gasteiger charge is 2.27. The third-order valence-electron chi connectivity index (χ3n) is 5.73. The fourth-order valence-corrected chi connectivity index (χ4v) is 4.43. The summed E-state index contributed by atoms with van der Waals surface area (Å²) in [5.74, 6) is 0.823. The Morgan fingerprint density at radius 1 is 1.26 bits per heavy atom. The molecule has 0 aliphatic carbocycles. The van der Waals surface area contributed by atoms with E-state index in [0.717, 1.165) is 48.4 Å². The molecule has 9 nitrogen and oxygen atoms in total. The molecule has 3 aromatic rings. The zero-order valence-corrected chi connectivity index (χ0v) is 21.4. The van der Waals surface area contributed by atoms with E-state index in [1.165, 1.54) is 0 Å². The average Bonchev–Trinajstić information content (AvgIpc) is 3.23. The number of hydrogen-bond donors (Lipinski definition) is 3. The van der Waals surface area contributed by atoms with Gasteiger partial charge in [-0.25, -0.2) is 4.72 Å². The van der Waals surface area contributed by atoms with Crippen molar-refractivity contribution in [2.45, 2.75) is 70.8 Å². The van der Waals surface area contributed by atoms with Crippen molar-refractivity contribution >= 4 is 28.6 Å². The summed E-state index contributed by atoms with van der Waals surface area (Å²) < 4.78 is 23.3. The van der Waals surface area contributed by atoms with E-state index in [1.54, 1.807) is 4.52 Å². The molecular weight excluding hydrogens is 450 g/mol. The van der Waals surface area contributed by atoms with Gasteiger partial charge in [0, 0.05) is 18.7 Å². The lowest BCUT2D eigenvalue weighted by Crippen LogP contribution is -2.37. The van der Waals surface area contributed by atoms with Crippen LogP contribution in [0, 0.1) is 0 Å². The lowest BCUT2D eigenvalue weighted by atomic mass is 10.1. The molecule has 1 fully saturated rings. The minimum atomic E-state index is -1.23. The predicted octanol–water partition coefficient (Wildman–Crippen LogP) is 3.86. The van der Waals surface area contributed by atoms with Crippen molar-refractivity contribution < 1.29 is 9.29 Å². The maximum Gasteiger partial charge on any atom is 0.322 e. The number of nitrogens with one attached hydrogen (secondary N) is 3. The molecule has 2 aromatic heterocycles. The van der Waals surface area contributed by atoms with Gasteiger partial charge in [0.05, 0.1) is 23.2 Å². The molecule has 1 unspecified atom stereocenters. The second-order valence-corrected chi connectivity index (χ2v) is 11.9. The minimum absolute atomic E-state index is 0.0479. The van der Waals surface area contributed by atoms with Gasteiger partial charge in [-0.1, -0.05) is 32.0 Å². The van der Waals surface area contributed by atoms with Gasteiger partial charge in [0.2, 0.25) is 5.95 Å². The van der Waals surface area contributed by atoms with Crippen molar-refractivity contribution in [2.75, 3.05) is 23.1 Å². The van der Waals surface area contributed by atoms with Crippen molar-refractivity contribution in [2.24, 2.45) is 0 Å². The molecule has 0 amide bonds. The van der Waals surface area contributed by atoms with E-state index >= 15 is 0 Å². The number of rotatable bonds is 8. The number of anilines is 2. The Bertz CT molecular complexity index is 1110. The molecule has 1 aromatic carbocycles. The van der Waals surface area contributed by atoms with Crippen LogP contribution in [0.25, 0.3) is 5.65 Å². The van der Waals surface area contributed by atoms with E-state index in [9.17, 15) is 4.55 Å². The highest BCUT2D eigenvalue weighted by Crippen LogP contribution is 2.26. The summed E-state index contributed by atoms with van der Waals surface area (Å²) in [6.45, 7) is 12.4. The maximum absolute atomic E-state index is 12.7. The lowest BCUT2D eigenvalue weighted by molar-refractivity contribution is 0.153. The van der Waals surface area contributed by atoms with Crippen molar-refractivity contribution in [1.29, 1.82) is 0 Å². The molecule has 184 valence electrons. The van der Waals surface area contributed by atoms with E-state index in [2.05, 4.69) is 39.3 Å². The first-order chi connectivity index (χ1) is 16.2. The number of benzene rings is 1. The van der Waals surface area contributed by atoms with E-state index < -0.39 is 11.4 Å². The summed E-state index contributed by atoms with van der Waals surface area (Å²) in [4.78, 5) is 9.36.